The summed E-state index contributed by atoms with van der Waals surface area (Å²) in [6.07, 6.45) is -1.29. The van der Waals surface area contributed by atoms with Crippen LogP contribution in [0.5, 0.6) is 0 Å². The van der Waals surface area contributed by atoms with E-state index < -0.39 is 42.7 Å². The van der Waals surface area contributed by atoms with Crippen molar-refractivity contribution in [3.05, 3.63) is 73.3 Å². The lowest BCUT2D eigenvalue weighted by Crippen LogP contribution is -2.49. The molecule has 0 bridgehead atoms. The molecule has 9 nitrogen and oxygen atoms in total. The first-order valence-electron chi connectivity index (χ1n) is 7.31. The largest absolute Gasteiger partial charge is 0.362 e. The topological polar surface area (TPSA) is 127 Å². The van der Waals surface area contributed by atoms with Gasteiger partial charge in [0.2, 0.25) is 3.79 Å². The number of amides is 1. The molecule has 0 fully saturated rings. The van der Waals surface area contributed by atoms with Crippen molar-refractivity contribution in [1.82, 2.24) is 5.32 Å². The second-order valence-corrected chi connectivity index (χ2v) is 8.12. The molecule has 28 heavy (non-hydrogen) atoms. The average molecular weight is 468 g/mol. The molecular formula is C15H10Cl4N4O5. The summed E-state index contributed by atoms with van der Waals surface area (Å²) in [4.78, 5) is 32.8. The number of nitrogens with one attached hydrogen (secondary N) is 2. The Morgan fingerprint density at radius 1 is 1.00 bits per heavy atom. The molecule has 0 aliphatic carbocycles. The Labute approximate surface area is 177 Å². The minimum atomic E-state index is -2.04. The third kappa shape index (κ3) is 5.59. The van der Waals surface area contributed by atoms with Gasteiger partial charge in [0.1, 0.15) is 11.7 Å². The number of nitro groups is 2. The van der Waals surface area contributed by atoms with Crippen molar-refractivity contribution in [1.29, 1.82) is 0 Å². The number of halogens is 4. The fourth-order valence-corrected chi connectivity index (χ4v) is 2.55. The Kier molecular flexibility index (Phi) is 6.89. The van der Waals surface area contributed by atoms with Crippen molar-refractivity contribution < 1.29 is 14.6 Å². The maximum Gasteiger partial charge on any atom is 0.289 e. The van der Waals surface area contributed by atoms with E-state index in [1.165, 1.54) is 0 Å². The molecule has 0 heterocycles. The number of carbonyl (C=O) groups is 1. The highest BCUT2D eigenvalue weighted by molar-refractivity contribution is 6.68. The molecule has 1 amide bonds. The Balaban J connectivity index is 2.32. The van der Waals surface area contributed by atoms with Crippen molar-refractivity contribution in [2.45, 2.75) is 9.96 Å². The number of non-ortho nitro benzene ring substituents is 1. The summed E-state index contributed by atoms with van der Waals surface area (Å²) in [7, 11) is 0. The summed E-state index contributed by atoms with van der Waals surface area (Å²) in [5.74, 6) is -0.973. The highest BCUT2D eigenvalue weighted by Crippen LogP contribution is 2.32. The normalized spacial score (nSPS) is 12.1. The van der Waals surface area contributed by atoms with Crippen LogP contribution < -0.4 is 10.6 Å². The molecule has 0 saturated heterocycles. The molecule has 2 N–H and O–H groups in total. The molecule has 0 aromatic heterocycles. The zero-order valence-corrected chi connectivity index (χ0v) is 16.6. The van der Waals surface area contributed by atoms with Crippen molar-refractivity contribution in [3.63, 3.8) is 0 Å². The first-order chi connectivity index (χ1) is 13.0. The third-order valence-electron chi connectivity index (χ3n) is 3.39. The van der Waals surface area contributed by atoms with Crippen molar-refractivity contribution in [2.75, 3.05) is 5.32 Å². The van der Waals surface area contributed by atoms with Crippen LogP contribution in [0.25, 0.3) is 0 Å². The molecule has 0 aliphatic rings. The number of benzene rings is 2. The molecule has 2 aromatic rings. The maximum atomic E-state index is 12.5. The van der Waals surface area contributed by atoms with E-state index in [0.29, 0.717) is 16.8 Å². The van der Waals surface area contributed by atoms with E-state index in [-0.39, 0.29) is 0 Å². The lowest BCUT2D eigenvalue weighted by Gasteiger charge is -2.27. The van der Waals surface area contributed by atoms with Gasteiger partial charge in [0.25, 0.3) is 17.3 Å². The van der Waals surface area contributed by atoms with E-state index in [9.17, 15) is 25.0 Å². The Hall–Kier alpha value is -2.33. The Morgan fingerprint density at radius 3 is 2.11 bits per heavy atom. The smallest absolute Gasteiger partial charge is 0.289 e. The molecule has 0 spiro atoms. The minimum absolute atomic E-state index is 0.437. The number of carbonyl (C=O) groups excluding carboxylic acids is 1. The molecule has 2 rings (SSSR count). The van der Waals surface area contributed by atoms with E-state index >= 15 is 0 Å². The van der Waals surface area contributed by atoms with Crippen LogP contribution >= 0.6 is 46.4 Å². The third-order valence-corrected chi connectivity index (χ3v) is 4.30. The molecule has 0 saturated carbocycles. The van der Waals surface area contributed by atoms with Gasteiger partial charge in [-0.15, -0.1) is 0 Å². The molecule has 1 atom stereocenters. The van der Waals surface area contributed by atoms with Gasteiger partial charge in [0, 0.05) is 16.8 Å². The number of anilines is 1. The van der Waals surface area contributed by atoms with Gasteiger partial charge in [0.05, 0.1) is 15.9 Å². The Morgan fingerprint density at radius 2 is 1.61 bits per heavy atom. The lowest BCUT2D eigenvalue weighted by molar-refractivity contribution is -0.394. The monoisotopic (exact) mass is 466 g/mol. The van der Waals surface area contributed by atoms with Gasteiger partial charge in [-0.1, -0.05) is 46.4 Å². The van der Waals surface area contributed by atoms with Crippen molar-refractivity contribution in [2.24, 2.45) is 0 Å². The van der Waals surface area contributed by atoms with Crippen LogP contribution in [-0.2, 0) is 0 Å². The highest BCUT2D eigenvalue weighted by atomic mass is 35.6. The average Bonchev–Trinajstić information content (AvgIpc) is 2.61. The second-order valence-electron chi connectivity index (χ2n) is 5.31. The van der Waals surface area contributed by atoms with Gasteiger partial charge >= 0.3 is 0 Å². The summed E-state index contributed by atoms with van der Waals surface area (Å²) in [5.41, 5.74) is -1.30. The van der Waals surface area contributed by atoms with E-state index in [0.717, 1.165) is 12.1 Å². The quantitative estimate of drug-likeness (QED) is 0.274. The zero-order valence-electron chi connectivity index (χ0n) is 13.6. The number of hydrogen-bond acceptors (Lipinski definition) is 6. The van der Waals surface area contributed by atoms with Crippen molar-refractivity contribution >= 4 is 69.4 Å². The van der Waals surface area contributed by atoms with Crippen LogP contribution in [0.3, 0.4) is 0 Å². The van der Waals surface area contributed by atoms with Crippen LogP contribution in [0.15, 0.2) is 42.5 Å². The molecule has 2 aromatic carbocycles. The predicted molar refractivity (Wildman–Crippen MR) is 106 cm³/mol. The number of hydrogen-bond donors (Lipinski definition) is 2. The van der Waals surface area contributed by atoms with Gasteiger partial charge in [-0.05, 0) is 30.3 Å². The Bertz CT molecular complexity index is 918. The number of alkyl halides is 3. The van der Waals surface area contributed by atoms with Crippen LogP contribution in [0.2, 0.25) is 5.02 Å². The summed E-state index contributed by atoms with van der Waals surface area (Å²) < 4.78 is -2.04. The van der Waals surface area contributed by atoms with Crippen LogP contribution in [0.4, 0.5) is 17.1 Å². The minimum Gasteiger partial charge on any atom is -0.362 e. The van der Waals surface area contributed by atoms with Gasteiger partial charge in [-0.2, -0.15) is 0 Å². The number of nitrogens with zero attached hydrogens (tertiary/aromatic N) is 2. The first-order valence-corrected chi connectivity index (χ1v) is 8.82. The van der Waals surface area contributed by atoms with Crippen molar-refractivity contribution in [3.8, 4) is 0 Å². The SMILES string of the molecule is O=C(N[C@@H](Nc1ccc(Cl)cc1)C(Cl)(Cl)Cl)c1ccc([N+](=O)[O-])cc1[N+](=O)[O-]. The number of rotatable bonds is 6. The number of nitro benzene ring substituents is 2. The second kappa shape index (κ2) is 8.78. The maximum absolute atomic E-state index is 12.5. The van der Waals surface area contributed by atoms with Crippen LogP contribution in [0, 0.1) is 20.2 Å². The summed E-state index contributed by atoms with van der Waals surface area (Å²) in [6, 6.07) is 8.82. The van der Waals surface area contributed by atoms with Gasteiger partial charge in [0.15, 0.2) is 0 Å². The van der Waals surface area contributed by atoms with E-state index in [1.54, 1.807) is 24.3 Å². The van der Waals surface area contributed by atoms with Gasteiger partial charge in [-0.25, -0.2) is 0 Å². The standard InChI is InChI=1S/C15H10Cl4N4O5/c16-8-1-3-9(4-2-8)20-14(15(17,18)19)21-13(24)11-6-5-10(22(25)26)7-12(11)23(27)28/h1-7,14,20H,(H,21,24)/t14-/m1/s1. The summed E-state index contributed by atoms with van der Waals surface area (Å²) in [6.45, 7) is 0. The fraction of sp³-hybridized carbons (Fsp3) is 0.133. The van der Waals surface area contributed by atoms with Gasteiger partial charge < -0.3 is 10.6 Å². The lowest BCUT2D eigenvalue weighted by atomic mass is 10.1. The van der Waals surface area contributed by atoms with E-state index in [4.69, 9.17) is 46.4 Å². The predicted octanol–water partition coefficient (Wildman–Crippen LogP) is 4.69. The highest BCUT2D eigenvalue weighted by Gasteiger charge is 2.35. The first kappa shape index (κ1) is 22.0. The molecule has 13 heteroatoms. The van der Waals surface area contributed by atoms with E-state index in [1.807, 2.05) is 0 Å². The summed E-state index contributed by atoms with van der Waals surface area (Å²) >= 11 is 23.5. The molecule has 0 aliphatic heterocycles. The zero-order chi connectivity index (χ0) is 21.1. The molecule has 0 unspecified atom stereocenters. The molecular weight excluding hydrogens is 458 g/mol. The van der Waals surface area contributed by atoms with E-state index in [2.05, 4.69) is 10.6 Å². The summed E-state index contributed by atoms with van der Waals surface area (Å²) in [5, 5.41) is 27.6. The fourth-order valence-electron chi connectivity index (χ4n) is 2.10. The van der Waals surface area contributed by atoms with Gasteiger partial charge in [-0.3, -0.25) is 25.0 Å². The van der Waals surface area contributed by atoms with Crippen LogP contribution in [-0.4, -0.2) is 25.7 Å². The van der Waals surface area contributed by atoms with Crippen LogP contribution in [0.1, 0.15) is 10.4 Å². The molecule has 0 radical (unpaired) electrons. The molecule has 148 valence electrons.